The maximum absolute atomic E-state index is 12.3. The van der Waals surface area contributed by atoms with E-state index in [9.17, 15) is 23.4 Å². The van der Waals surface area contributed by atoms with Crippen LogP contribution >= 0.6 is 0 Å². The molecule has 0 aromatic rings. The van der Waals surface area contributed by atoms with Gasteiger partial charge in [-0.1, -0.05) is 34.0 Å². The van der Waals surface area contributed by atoms with Crippen molar-refractivity contribution in [3.8, 4) is 0 Å². The predicted molar refractivity (Wildman–Crippen MR) is 140 cm³/mol. The minimum atomic E-state index is -4.14. The van der Waals surface area contributed by atoms with E-state index in [1.165, 1.54) is 0 Å². The zero-order valence-corrected chi connectivity index (χ0v) is 22.8. The van der Waals surface area contributed by atoms with Crippen molar-refractivity contribution in [1.82, 2.24) is 5.32 Å². The third-order valence-corrected chi connectivity index (χ3v) is 11.9. The minimum Gasteiger partial charge on any atom is -0.393 e. The fraction of sp³-hybridized carbons (Fsp3) is 0.964. The van der Waals surface area contributed by atoms with Gasteiger partial charge in [0.1, 0.15) is 0 Å². The van der Waals surface area contributed by atoms with Crippen molar-refractivity contribution in [2.45, 2.75) is 104 Å². The van der Waals surface area contributed by atoms with Crippen LogP contribution in [-0.2, 0) is 14.9 Å². The Balaban J connectivity index is 1.55. The number of aliphatic hydroxyl groups is 2. The molecular weight excluding hydrogens is 478 g/mol. The highest BCUT2D eigenvalue weighted by Gasteiger charge is 2.64. The minimum absolute atomic E-state index is 0.104. The molecule has 0 aliphatic heterocycles. The van der Waals surface area contributed by atoms with E-state index < -0.39 is 53.1 Å². The Hall–Kier alpha value is -0.700. The molecule has 4 rings (SSSR count). The summed E-state index contributed by atoms with van der Waals surface area (Å²) in [5, 5.41) is 25.1. The normalized spacial score (nSPS) is 48.1. The summed E-state index contributed by atoms with van der Waals surface area (Å²) in [7, 11) is -4.14. The van der Waals surface area contributed by atoms with Gasteiger partial charge in [-0.15, -0.1) is 0 Å². The number of nitrogens with one attached hydrogen (secondary N) is 1. The van der Waals surface area contributed by atoms with Crippen molar-refractivity contribution in [2.24, 2.45) is 52.3 Å². The van der Waals surface area contributed by atoms with Crippen LogP contribution in [0.2, 0.25) is 0 Å². The highest BCUT2D eigenvalue weighted by atomic mass is 32.2. The lowest BCUT2D eigenvalue weighted by molar-refractivity contribution is -0.203. The summed E-state index contributed by atoms with van der Waals surface area (Å²) in [6.07, 6.45) is 1.70. The van der Waals surface area contributed by atoms with Crippen molar-refractivity contribution in [3.05, 3.63) is 0 Å². The summed E-state index contributed by atoms with van der Waals surface area (Å²) in [6.45, 7) is 3.49. The molecule has 0 spiro atoms. The molecule has 0 bridgehead atoms. The van der Waals surface area contributed by atoms with Crippen molar-refractivity contribution in [2.75, 3.05) is 12.3 Å². The maximum atomic E-state index is 12.3. The Bertz CT molecular complexity index is 1090. The van der Waals surface area contributed by atoms with Crippen LogP contribution in [0.15, 0.2) is 0 Å². The van der Waals surface area contributed by atoms with E-state index in [1.54, 1.807) is 0 Å². The van der Waals surface area contributed by atoms with Crippen LogP contribution in [0.25, 0.3) is 0 Å². The highest BCUT2D eigenvalue weighted by Crippen LogP contribution is 2.69. The summed E-state index contributed by atoms with van der Waals surface area (Å²) >= 11 is 0. The summed E-state index contributed by atoms with van der Waals surface area (Å²) in [6, 6.07) is 0. The van der Waals surface area contributed by atoms with E-state index in [4.69, 9.17) is 11.4 Å². The van der Waals surface area contributed by atoms with E-state index in [0.717, 1.165) is 25.7 Å². The Morgan fingerprint density at radius 3 is 2.50 bits per heavy atom. The zero-order valence-electron chi connectivity index (χ0n) is 26.9. The summed E-state index contributed by atoms with van der Waals surface area (Å²) in [4.78, 5) is 12.3. The molecule has 3 unspecified atom stereocenters. The monoisotopic (exact) mass is 532 g/mol. The van der Waals surface area contributed by atoms with Crippen LogP contribution in [-0.4, -0.2) is 53.6 Å². The molecule has 4 N–H and O–H groups in total. The lowest BCUT2D eigenvalue weighted by Crippen LogP contribution is -2.62. The lowest BCUT2D eigenvalue weighted by atomic mass is 9.41. The largest absolute Gasteiger partial charge is 0.393 e. The van der Waals surface area contributed by atoms with Crippen LogP contribution in [0.1, 0.15) is 98.6 Å². The molecule has 0 saturated heterocycles. The fourth-order valence-electron chi connectivity index (χ4n) is 9.41. The van der Waals surface area contributed by atoms with Crippen molar-refractivity contribution < 1.29 is 34.8 Å². The number of aliphatic hydroxyl groups excluding tert-OH is 2. The van der Waals surface area contributed by atoms with Crippen LogP contribution in [0.5, 0.6) is 0 Å². The van der Waals surface area contributed by atoms with E-state index in [-0.39, 0.29) is 59.3 Å². The Labute approximate surface area is 225 Å². The average Bonchev–Trinajstić information content (AvgIpc) is 3.19. The second-order valence-electron chi connectivity index (χ2n) is 12.9. The van der Waals surface area contributed by atoms with Crippen molar-refractivity contribution in [3.63, 3.8) is 0 Å². The number of carbonyl (C=O) groups is 1. The first-order valence-corrected chi connectivity index (χ1v) is 15.4. The van der Waals surface area contributed by atoms with E-state index in [0.29, 0.717) is 25.7 Å². The van der Waals surface area contributed by atoms with Crippen molar-refractivity contribution >= 4 is 16.0 Å². The van der Waals surface area contributed by atoms with Gasteiger partial charge in [-0.2, -0.15) is 8.42 Å². The van der Waals surface area contributed by atoms with Gasteiger partial charge in [-0.25, -0.2) is 0 Å². The van der Waals surface area contributed by atoms with Crippen molar-refractivity contribution in [1.29, 1.82) is 0 Å². The molecule has 7 nitrogen and oxygen atoms in total. The number of rotatable bonds is 8. The van der Waals surface area contributed by atoms with Crippen LogP contribution < -0.4 is 5.32 Å². The van der Waals surface area contributed by atoms with Gasteiger partial charge in [-0.3, -0.25) is 9.35 Å². The molecular formula is C28H49NO6S. The smallest absolute Gasteiger partial charge is 0.266 e. The fourth-order valence-corrected chi connectivity index (χ4v) is 9.77. The third-order valence-electron chi connectivity index (χ3n) is 11.2. The predicted octanol–water partition coefficient (Wildman–Crippen LogP) is 4.03. The number of amides is 1. The summed E-state index contributed by atoms with van der Waals surface area (Å²) in [5.41, 5.74) is -0.505. The van der Waals surface area contributed by atoms with Gasteiger partial charge in [0.15, 0.2) is 0 Å². The van der Waals surface area contributed by atoms with Crippen LogP contribution in [0, 0.1) is 52.3 Å². The third kappa shape index (κ3) is 5.13. The van der Waals surface area contributed by atoms with E-state index in [2.05, 4.69) is 26.1 Å². The standard InChI is InChI=1S/C28H49NO6S/c1-5-19-23-16-18(30)10-12-28(23,4)22-11-13-27(3)20(7-8-21(27)25(22)26(19)32)17(2)6-9-24(31)29-14-15-36(33,34)35/h17-23,25-26,30,32H,5-16H2,1-4H3,(H,29,31)(H,33,34,35)/t17-,18?,19-,20-,21+,22+,23+,25?,26?,27-,28-/m1/s1/i1D3,5D2. The first-order valence-electron chi connectivity index (χ1n) is 16.3. The van der Waals surface area contributed by atoms with Crippen LogP contribution in [0.3, 0.4) is 0 Å². The van der Waals surface area contributed by atoms with Gasteiger partial charge >= 0.3 is 0 Å². The molecule has 1 amide bonds. The quantitative estimate of drug-likeness (QED) is 0.350. The lowest BCUT2D eigenvalue weighted by Gasteiger charge is -2.64. The number of fused-ring (bicyclic) bond motifs is 5. The highest BCUT2D eigenvalue weighted by molar-refractivity contribution is 7.85. The first kappa shape index (κ1) is 22.2. The Morgan fingerprint density at radius 2 is 1.81 bits per heavy atom. The van der Waals surface area contributed by atoms with Gasteiger partial charge in [0, 0.05) is 19.8 Å². The molecule has 8 heteroatoms. The van der Waals surface area contributed by atoms with Gasteiger partial charge < -0.3 is 15.5 Å². The summed E-state index contributed by atoms with van der Waals surface area (Å²) in [5.74, 6) is -1.84. The molecule has 0 heterocycles. The molecule has 208 valence electrons. The average molecular weight is 533 g/mol. The SMILES string of the molecule is [2H]C([2H])([2H])C([2H])([2H])[C@H]1C(O)C2[C@@H]3CC[C@H]([C@H](C)CCC(=O)NCCS(=O)(=O)O)[C@@]3(C)CC[C@@H]2[C@@]2(C)CCC(O)C[C@@H]12. The van der Waals surface area contributed by atoms with Gasteiger partial charge in [-0.05, 0) is 104 Å². The number of hydrogen-bond acceptors (Lipinski definition) is 5. The maximum Gasteiger partial charge on any atom is 0.266 e. The van der Waals surface area contributed by atoms with Gasteiger partial charge in [0.2, 0.25) is 5.91 Å². The molecule has 4 aliphatic rings. The second-order valence-corrected chi connectivity index (χ2v) is 14.4. The van der Waals surface area contributed by atoms with Gasteiger partial charge in [0.05, 0.1) is 18.0 Å². The molecule has 4 aliphatic carbocycles. The summed E-state index contributed by atoms with van der Waals surface area (Å²) < 4.78 is 72.4. The molecule has 4 saturated carbocycles. The molecule has 0 aromatic heterocycles. The number of carbonyl (C=O) groups excluding carboxylic acids is 1. The molecule has 11 atom stereocenters. The Morgan fingerprint density at radius 1 is 1.11 bits per heavy atom. The molecule has 0 aromatic carbocycles. The van der Waals surface area contributed by atoms with E-state index >= 15 is 0 Å². The Kier molecular flexibility index (Phi) is 6.44. The topological polar surface area (TPSA) is 124 Å². The van der Waals surface area contributed by atoms with Crippen LogP contribution in [0.4, 0.5) is 0 Å². The first-order chi connectivity index (χ1) is 18.7. The van der Waals surface area contributed by atoms with E-state index in [1.807, 2.05) is 0 Å². The molecule has 0 radical (unpaired) electrons. The number of hydrogen-bond donors (Lipinski definition) is 4. The van der Waals surface area contributed by atoms with Gasteiger partial charge in [0.25, 0.3) is 10.1 Å². The zero-order chi connectivity index (χ0) is 30.8. The second kappa shape index (κ2) is 10.5. The molecule has 36 heavy (non-hydrogen) atoms. The molecule has 4 fully saturated rings.